The van der Waals surface area contributed by atoms with Gasteiger partial charge >= 0.3 is 19.0 Å². The Labute approximate surface area is 262 Å². The molecule has 0 saturated heterocycles. The van der Waals surface area contributed by atoms with Crippen molar-refractivity contribution in [2.24, 2.45) is 5.92 Å². The monoisotopic (exact) mass is 652 g/mol. The lowest BCUT2D eigenvalue weighted by Crippen LogP contribution is -2.53. The van der Waals surface area contributed by atoms with Gasteiger partial charge in [-0.05, 0) is 77.5 Å². The summed E-state index contributed by atoms with van der Waals surface area (Å²) in [5.74, 6) is -0.413. The first-order valence-corrected chi connectivity index (χ1v) is 15.2. The van der Waals surface area contributed by atoms with Gasteiger partial charge in [-0.1, -0.05) is 0 Å². The Hall–Kier alpha value is -4.10. The summed E-state index contributed by atoms with van der Waals surface area (Å²) in [6.07, 6.45) is -2.29. The fourth-order valence-electron chi connectivity index (χ4n) is 7.13. The minimum absolute atomic E-state index is 0.00613. The van der Waals surface area contributed by atoms with E-state index in [1.54, 1.807) is 13.0 Å². The van der Waals surface area contributed by atoms with Crippen LogP contribution in [0.5, 0.6) is 28.7 Å². The zero-order valence-corrected chi connectivity index (χ0v) is 25.8. The number of carboxylic acid groups (broad SMARTS) is 1. The van der Waals surface area contributed by atoms with Crippen molar-refractivity contribution in [2.75, 3.05) is 6.61 Å². The summed E-state index contributed by atoms with van der Waals surface area (Å²) in [4.78, 5) is 27.5. The highest BCUT2D eigenvalue weighted by Gasteiger charge is 2.50. The highest BCUT2D eigenvalue weighted by atomic mass is 19.3. The maximum absolute atomic E-state index is 14.0. The molecule has 1 fully saturated rings. The number of hydrogen-bond donors (Lipinski definition) is 2. The molecule has 250 valence electrons. The second-order valence-electron chi connectivity index (χ2n) is 13.5. The van der Waals surface area contributed by atoms with Crippen LogP contribution in [0.3, 0.4) is 0 Å². The minimum atomic E-state index is -3.83. The van der Waals surface area contributed by atoms with E-state index in [9.17, 15) is 32.3 Å². The van der Waals surface area contributed by atoms with Gasteiger partial charge in [0, 0.05) is 41.3 Å². The number of nitrogens with one attached hydrogen (secondary N) is 1. The van der Waals surface area contributed by atoms with Crippen LogP contribution in [-0.4, -0.2) is 59.2 Å². The molecule has 3 heterocycles. The Balaban J connectivity index is 1.23. The van der Waals surface area contributed by atoms with Gasteiger partial charge in [0.2, 0.25) is 5.91 Å². The van der Waals surface area contributed by atoms with Crippen molar-refractivity contribution in [3.8, 4) is 28.7 Å². The third kappa shape index (κ3) is 5.93. The van der Waals surface area contributed by atoms with E-state index >= 15 is 0 Å². The molecule has 10 nitrogen and oxygen atoms in total. The second-order valence-corrected chi connectivity index (χ2v) is 13.5. The molecule has 14 heteroatoms. The van der Waals surface area contributed by atoms with Crippen LogP contribution in [0.2, 0.25) is 0 Å². The molecule has 0 spiro atoms. The third-order valence-electron chi connectivity index (χ3n) is 9.31. The van der Waals surface area contributed by atoms with Crippen molar-refractivity contribution in [1.82, 2.24) is 10.2 Å². The molecular formula is C32H36F4N2O8. The molecule has 0 unspecified atom stereocenters. The van der Waals surface area contributed by atoms with Gasteiger partial charge in [-0.15, -0.1) is 8.78 Å². The van der Waals surface area contributed by atoms with Crippen molar-refractivity contribution < 1.29 is 55.9 Å². The molecule has 0 radical (unpaired) electrons. The summed E-state index contributed by atoms with van der Waals surface area (Å²) in [7, 11) is 0. The van der Waals surface area contributed by atoms with Crippen molar-refractivity contribution >= 4 is 12.0 Å². The van der Waals surface area contributed by atoms with Crippen LogP contribution in [0.1, 0.15) is 77.0 Å². The third-order valence-corrected chi connectivity index (χ3v) is 9.31. The summed E-state index contributed by atoms with van der Waals surface area (Å²) in [6, 6.07) is 6.16. The van der Waals surface area contributed by atoms with Crippen molar-refractivity contribution in [3.63, 3.8) is 0 Å². The van der Waals surface area contributed by atoms with Gasteiger partial charge in [-0.3, -0.25) is 4.79 Å². The first kappa shape index (κ1) is 31.9. The number of carbonyl (C=O) groups excluding carboxylic acids is 1. The fraction of sp³-hybridized carbons (Fsp3) is 0.562. The molecule has 2 aromatic rings. The van der Waals surface area contributed by atoms with E-state index in [0.29, 0.717) is 49.0 Å². The zero-order chi connectivity index (χ0) is 33.2. The quantitative estimate of drug-likeness (QED) is 0.336. The van der Waals surface area contributed by atoms with Gasteiger partial charge in [0.25, 0.3) is 0 Å². The highest BCUT2D eigenvalue weighted by molar-refractivity contribution is 5.90. The summed E-state index contributed by atoms with van der Waals surface area (Å²) in [6.45, 7) is 4.11. The van der Waals surface area contributed by atoms with Gasteiger partial charge in [-0.25, -0.2) is 4.79 Å². The van der Waals surface area contributed by atoms with Gasteiger partial charge in [0.15, 0.2) is 11.5 Å². The molecule has 1 saturated carbocycles. The number of halogens is 4. The molecule has 0 bridgehead atoms. The Morgan fingerprint density at radius 1 is 1.02 bits per heavy atom. The number of rotatable bonds is 6. The molecule has 0 aromatic heterocycles. The van der Waals surface area contributed by atoms with Crippen LogP contribution in [0.25, 0.3) is 0 Å². The second kappa shape index (κ2) is 11.3. The number of nitrogens with zero attached hydrogens (tertiary/aromatic N) is 1. The number of amides is 2. The van der Waals surface area contributed by atoms with Crippen LogP contribution in [0.4, 0.5) is 22.4 Å². The first-order valence-electron chi connectivity index (χ1n) is 15.2. The van der Waals surface area contributed by atoms with Crippen LogP contribution in [0.15, 0.2) is 30.3 Å². The zero-order valence-electron chi connectivity index (χ0n) is 25.8. The molecule has 4 aliphatic rings. The van der Waals surface area contributed by atoms with E-state index in [1.807, 2.05) is 20.8 Å². The van der Waals surface area contributed by atoms with Crippen molar-refractivity contribution in [3.05, 3.63) is 41.5 Å². The van der Waals surface area contributed by atoms with Crippen LogP contribution >= 0.6 is 0 Å². The number of benzene rings is 2. The molecule has 2 amide bonds. The lowest BCUT2D eigenvalue weighted by molar-refractivity contribution is -0.286. The van der Waals surface area contributed by atoms with E-state index in [0.717, 1.165) is 0 Å². The number of fused-ring (bicyclic) bond motifs is 3. The number of ether oxygens (including phenoxy) is 5. The van der Waals surface area contributed by atoms with Crippen LogP contribution in [-0.2, 0) is 10.2 Å². The van der Waals surface area contributed by atoms with Gasteiger partial charge in [0.1, 0.15) is 35.4 Å². The normalized spacial score (nSPS) is 27.6. The van der Waals surface area contributed by atoms with E-state index in [2.05, 4.69) is 19.5 Å². The van der Waals surface area contributed by atoms with E-state index < -0.39 is 48.0 Å². The summed E-state index contributed by atoms with van der Waals surface area (Å²) < 4.78 is 79.3. The van der Waals surface area contributed by atoms with Crippen molar-refractivity contribution in [2.45, 2.75) is 102 Å². The molecule has 2 N–H and O–H groups in total. The predicted molar refractivity (Wildman–Crippen MR) is 154 cm³/mol. The maximum atomic E-state index is 14.0. The summed E-state index contributed by atoms with van der Waals surface area (Å²) in [5, 5.41) is 13.0. The van der Waals surface area contributed by atoms with Crippen LogP contribution in [0, 0.1) is 5.92 Å². The number of hydrogen-bond acceptors (Lipinski definition) is 7. The molecule has 3 atom stereocenters. The van der Waals surface area contributed by atoms with E-state index in [1.165, 1.54) is 29.2 Å². The molecule has 3 aliphatic heterocycles. The predicted octanol–water partition coefficient (Wildman–Crippen LogP) is 6.61. The Bertz CT molecular complexity index is 1520. The van der Waals surface area contributed by atoms with E-state index in [-0.39, 0.29) is 41.6 Å². The SMILES string of the molecule is CC(C)(C)N(C(=O)O)C1CCC([C@H]2C[C@@H](NC(=O)[C@@]3(C)COc4cc5c(cc43)OC(F)(F)O5)c3ccc(OC(F)F)cc3O2)CC1. The van der Waals surface area contributed by atoms with Crippen LogP contribution < -0.4 is 29.0 Å². The molecule has 2 aromatic carbocycles. The maximum Gasteiger partial charge on any atom is 0.586 e. The number of carbonyl (C=O) groups is 2. The summed E-state index contributed by atoms with van der Waals surface area (Å²) in [5.41, 5.74) is -0.921. The van der Waals surface area contributed by atoms with Gasteiger partial charge < -0.3 is 39.0 Å². The first-order chi connectivity index (χ1) is 21.5. The molecule has 46 heavy (non-hydrogen) atoms. The van der Waals surface area contributed by atoms with Crippen molar-refractivity contribution in [1.29, 1.82) is 0 Å². The smallest absolute Gasteiger partial charge is 0.492 e. The Kier molecular flexibility index (Phi) is 7.83. The lowest BCUT2D eigenvalue weighted by atomic mass is 9.77. The lowest BCUT2D eigenvalue weighted by Gasteiger charge is -2.45. The van der Waals surface area contributed by atoms with E-state index in [4.69, 9.17) is 9.47 Å². The minimum Gasteiger partial charge on any atom is -0.492 e. The largest absolute Gasteiger partial charge is 0.586 e. The standard InChI is InChI=1S/C32H36F4N2O8/c1-30(2,3)38(29(40)41)17-7-5-16(6-8-17)22-13-21(19-10-9-18(43-28(33)34)11-23(19)44-22)37-27(39)31(4)15-42-24-14-26-25(12-20(24)31)45-32(35,36)46-26/h9-12,14,16-17,21-22,28H,5-8,13,15H2,1-4H3,(H,37,39)(H,40,41)/t16?,17?,21-,22-,31+/m1/s1. The average Bonchev–Trinajstić information content (AvgIpc) is 3.44. The summed E-state index contributed by atoms with van der Waals surface area (Å²) >= 11 is 0. The molecule has 1 aliphatic carbocycles. The topological polar surface area (TPSA) is 116 Å². The number of alkyl halides is 4. The Morgan fingerprint density at radius 2 is 1.70 bits per heavy atom. The Morgan fingerprint density at radius 3 is 2.33 bits per heavy atom. The van der Waals surface area contributed by atoms with Gasteiger partial charge in [-0.2, -0.15) is 8.78 Å². The van der Waals surface area contributed by atoms with Gasteiger partial charge in [0.05, 0.1) is 6.04 Å². The fourth-order valence-corrected chi connectivity index (χ4v) is 7.13. The molecule has 6 rings (SSSR count). The molecular weight excluding hydrogens is 616 g/mol. The highest BCUT2D eigenvalue weighted by Crippen LogP contribution is 2.50. The average molecular weight is 653 g/mol.